The van der Waals surface area contributed by atoms with Gasteiger partial charge in [-0.3, -0.25) is 9.36 Å². The molecule has 0 spiro atoms. The predicted molar refractivity (Wildman–Crippen MR) is 85.8 cm³/mol. The molecule has 0 fully saturated rings. The molecule has 0 saturated carbocycles. The monoisotopic (exact) mass is 325 g/mol. The number of esters is 1. The largest absolute Gasteiger partial charge is 0.465 e. The van der Waals surface area contributed by atoms with E-state index in [0.29, 0.717) is 6.61 Å². The van der Waals surface area contributed by atoms with Crippen molar-refractivity contribution in [3.05, 3.63) is 16.3 Å². The molecule has 2 aromatic heterocycles. The van der Waals surface area contributed by atoms with Gasteiger partial charge >= 0.3 is 5.97 Å². The zero-order chi connectivity index (χ0) is 15.4. The lowest BCUT2D eigenvalue weighted by atomic mass is 10.3. The predicted octanol–water partition coefficient (Wildman–Crippen LogP) is 3.55. The maximum Gasteiger partial charge on any atom is 0.316 e. The Bertz CT molecular complexity index is 620. The lowest BCUT2D eigenvalue weighted by molar-refractivity contribution is -0.139. The first-order valence-corrected chi connectivity index (χ1v) is 8.68. The van der Waals surface area contributed by atoms with Crippen LogP contribution in [0.3, 0.4) is 0 Å². The van der Waals surface area contributed by atoms with E-state index in [9.17, 15) is 4.79 Å². The molecule has 0 unspecified atom stereocenters. The molecule has 2 aromatic rings. The highest BCUT2D eigenvalue weighted by molar-refractivity contribution is 7.99. The summed E-state index contributed by atoms with van der Waals surface area (Å²) in [5.74, 6) is 0.871. The summed E-state index contributed by atoms with van der Waals surface area (Å²) in [6.45, 7) is 8.44. The minimum absolute atomic E-state index is 0.222. The molecule has 0 saturated heterocycles. The van der Waals surface area contributed by atoms with Crippen LogP contribution in [0, 0.1) is 6.92 Å². The smallest absolute Gasteiger partial charge is 0.316 e. The first-order chi connectivity index (χ1) is 10.0. The molecule has 7 heteroatoms. The van der Waals surface area contributed by atoms with E-state index >= 15 is 0 Å². The van der Waals surface area contributed by atoms with Crippen molar-refractivity contribution in [3.63, 3.8) is 0 Å². The number of nitrogens with zero attached hydrogens (tertiary/aromatic N) is 3. The number of carbonyl (C=O) groups excluding carboxylic acids is 1. The molecule has 0 atom stereocenters. The van der Waals surface area contributed by atoms with Gasteiger partial charge in [0.25, 0.3) is 0 Å². The number of thioether (sulfide) groups is 1. The van der Waals surface area contributed by atoms with Gasteiger partial charge in [-0.2, -0.15) is 0 Å². The first-order valence-electron chi connectivity index (χ1n) is 6.81. The fourth-order valence-corrected chi connectivity index (χ4v) is 3.47. The molecule has 0 aliphatic carbocycles. The Balaban J connectivity index is 2.23. The lowest BCUT2D eigenvalue weighted by Gasteiger charge is -2.12. The van der Waals surface area contributed by atoms with Crippen molar-refractivity contribution in [1.82, 2.24) is 14.8 Å². The summed E-state index contributed by atoms with van der Waals surface area (Å²) in [6, 6.07) is 2.33. The van der Waals surface area contributed by atoms with E-state index in [4.69, 9.17) is 4.74 Å². The Hall–Kier alpha value is -1.34. The van der Waals surface area contributed by atoms with Crippen molar-refractivity contribution in [2.24, 2.45) is 0 Å². The van der Waals surface area contributed by atoms with E-state index in [1.54, 1.807) is 18.3 Å². The minimum atomic E-state index is -0.228. The van der Waals surface area contributed by atoms with Crippen LogP contribution in [-0.2, 0) is 9.53 Å². The van der Waals surface area contributed by atoms with Crippen LogP contribution < -0.4 is 0 Å². The maximum atomic E-state index is 11.5. The highest BCUT2D eigenvalue weighted by Crippen LogP contribution is 2.30. The molecule has 0 N–H and O–H groups in total. The van der Waals surface area contributed by atoms with Crippen LogP contribution in [0.2, 0.25) is 0 Å². The molecule has 0 aliphatic heterocycles. The average molecular weight is 325 g/mol. The van der Waals surface area contributed by atoms with E-state index in [-0.39, 0.29) is 17.8 Å². The Labute approximate surface area is 132 Å². The number of hydrogen-bond acceptors (Lipinski definition) is 6. The molecule has 0 aromatic carbocycles. The van der Waals surface area contributed by atoms with Crippen molar-refractivity contribution in [1.29, 1.82) is 0 Å². The van der Waals surface area contributed by atoms with Crippen LogP contribution in [0.25, 0.3) is 11.4 Å². The second kappa shape index (κ2) is 7.09. The number of carbonyl (C=O) groups is 1. The second-order valence-electron chi connectivity index (χ2n) is 4.81. The molecular weight excluding hydrogens is 306 g/mol. The third kappa shape index (κ3) is 3.85. The van der Waals surface area contributed by atoms with Gasteiger partial charge in [0.05, 0.1) is 12.4 Å². The van der Waals surface area contributed by atoms with Gasteiger partial charge in [0.1, 0.15) is 0 Å². The number of hydrogen-bond donors (Lipinski definition) is 0. The molecule has 0 amide bonds. The summed E-state index contributed by atoms with van der Waals surface area (Å²) in [6.07, 6.45) is 0. The molecular formula is C14H19N3O2S2. The van der Waals surface area contributed by atoms with Gasteiger partial charge in [0.15, 0.2) is 11.0 Å². The topological polar surface area (TPSA) is 57.0 Å². The Morgan fingerprint density at radius 2 is 2.24 bits per heavy atom. The van der Waals surface area contributed by atoms with Gasteiger partial charge in [-0.15, -0.1) is 21.5 Å². The lowest BCUT2D eigenvalue weighted by Crippen LogP contribution is -2.09. The number of aromatic nitrogens is 3. The maximum absolute atomic E-state index is 11.5. The van der Waals surface area contributed by atoms with Crippen molar-refractivity contribution < 1.29 is 9.53 Å². The quantitative estimate of drug-likeness (QED) is 0.600. The van der Waals surface area contributed by atoms with E-state index in [1.807, 2.05) is 0 Å². The fourth-order valence-electron chi connectivity index (χ4n) is 1.92. The van der Waals surface area contributed by atoms with Crippen LogP contribution in [0.5, 0.6) is 0 Å². The third-order valence-corrected chi connectivity index (χ3v) is 4.57. The molecule has 114 valence electrons. The highest BCUT2D eigenvalue weighted by Gasteiger charge is 2.18. The number of rotatable bonds is 6. The van der Waals surface area contributed by atoms with E-state index in [1.165, 1.54) is 16.6 Å². The van der Waals surface area contributed by atoms with Crippen LogP contribution in [-0.4, -0.2) is 33.1 Å². The fraction of sp³-hybridized carbons (Fsp3) is 0.500. The summed E-state index contributed by atoms with van der Waals surface area (Å²) in [5, 5.41) is 11.3. The van der Waals surface area contributed by atoms with E-state index in [0.717, 1.165) is 16.5 Å². The zero-order valence-electron chi connectivity index (χ0n) is 12.6. The SMILES string of the molecule is CCOC(=O)CSc1nnc(-c2csc(C)c2)n1C(C)C. The van der Waals surface area contributed by atoms with Crippen molar-refractivity contribution in [2.45, 2.75) is 38.9 Å². The molecule has 0 radical (unpaired) electrons. The van der Waals surface area contributed by atoms with Crippen LogP contribution in [0.4, 0.5) is 0 Å². The third-order valence-electron chi connectivity index (χ3n) is 2.79. The Morgan fingerprint density at radius 3 is 2.81 bits per heavy atom. The molecule has 0 aliphatic rings. The van der Waals surface area contributed by atoms with Crippen LogP contribution >= 0.6 is 23.1 Å². The number of ether oxygens (including phenoxy) is 1. The first kappa shape index (κ1) is 16.0. The van der Waals surface area contributed by atoms with Gasteiger partial charge in [0.2, 0.25) is 0 Å². The summed E-state index contributed by atoms with van der Waals surface area (Å²) < 4.78 is 7.00. The van der Waals surface area contributed by atoms with Crippen molar-refractivity contribution in [3.8, 4) is 11.4 Å². The average Bonchev–Trinajstić information content (AvgIpc) is 3.02. The molecule has 21 heavy (non-hydrogen) atoms. The Morgan fingerprint density at radius 1 is 1.48 bits per heavy atom. The van der Waals surface area contributed by atoms with Gasteiger partial charge in [-0.1, -0.05) is 11.8 Å². The standard InChI is InChI=1S/C14H19N3O2S2/c1-5-19-12(18)8-21-14-16-15-13(17(14)9(2)3)11-6-10(4)20-7-11/h6-7,9H,5,8H2,1-4H3. The van der Waals surface area contributed by atoms with Crippen molar-refractivity contribution >= 4 is 29.1 Å². The molecule has 2 rings (SSSR count). The second-order valence-corrected chi connectivity index (χ2v) is 6.87. The Kier molecular flexibility index (Phi) is 5.41. The van der Waals surface area contributed by atoms with Gasteiger partial charge in [-0.25, -0.2) is 0 Å². The normalized spacial score (nSPS) is 11.1. The van der Waals surface area contributed by atoms with Crippen LogP contribution in [0.1, 0.15) is 31.7 Å². The molecule has 2 heterocycles. The molecule has 0 bridgehead atoms. The molecule has 5 nitrogen and oxygen atoms in total. The summed E-state index contributed by atoms with van der Waals surface area (Å²) >= 11 is 3.06. The number of thiophene rings is 1. The zero-order valence-corrected chi connectivity index (χ0v) is 14.3. The van der Waals surface area contributed by atoms with Crippen molar-refractivity contribution in [2.75, 3.05) is 12.4 Å². The summed E-state index contributed by atoms with van der Waals surface area (Å²) in [5.41, 5.74) is 1.07. The van der Waals surface area contributed by atoms with E-state index < -0.39 is 0 Å². The minimum Gasteiger partial charge on any atom is -0.465 e. The van der Waals surface area contributed by atoms with Gasteiger partial charge < -0.3 is 4.74 Å². The van der Waals surface area contributed by atoms with Gasteiger partial charge in [-0.05, 0) is 33.8 Å². The van der Waals surface area contributed by atoms with E-state index in [2.05, 4.69) is 47.0 Å². The van der Waals surface area contributed by atoms with Gasteiger partial charge in [0, 0.05) is 21.9 Å². The summed E-state index contributed by atoms with van der Waals surface area (Å²) in [4.78, 5) is 12.7. The number of aryl methyl sites for hydroxylation is 1. The summed E-state index contributed by atoms with van der Waals surface area (Å²) in [7, 11) is 0. The van der Waals surface area contributed by atoms with Crippen LogP contribution in [0.15, 0.2) is 16.6 Å². The highest BCUT2D eigenvalue weighted by atomic mass is 32.2.